The van der Waals surface area contributed by atoms with Crippen LogP contribution in [0.4, 0.5) is 0 Å². The van der Waals surface area contributed by atoms with Crippen molar-refractivity contribution in [1.82, 2.24) is 5.32 Å². The number of ether oxygens (including phenoxy) is 1. The first kappa shape index (κ1) is 13.7. The lowest BCUT2D eigenvalue weighted by molar-refractivity contribution is -0.123. The Kier molecular flexibility index (Phi) is 3.91. The highest BCUT2D eigenvalue weighted by molar-refractivity contribution is 5.91. The van der Waals surface area contributed by atoms with Crippen molar-refractivity contribution in [3.63, 3.8) is 0 Å². The number of hydrogen-bond donors (Lipinski definition) is 1. The number of carbonyl (C=O) groups excluding carboxylic acids is 1. The van der Waals surface area contributed by atoms with E-state index in [0.717, 1.165) is 24.2 Å². The van der Waals surface area contributed by atoms with Gasteiger partial charge in [0.15, 0.2) is 0 Å². The van der Waals surface area contributed by atoms with E-state index in [2.05, 4.69) is 5.32 Å². The zero-order valence-electron chi connectivity index (χ0n) is 11.9. The Hall–Kier alpha value is -2.29. The minimum absolute atomic E-state index is 0.116. The molecule has 0 spiro atoms. The second-order valence-electron chi connectivity index (χ2n) is 5.37. The number of nitrogens with one attached hydrogen (secondary N) is 1. The van der Waals surface area contributed by atoms with E-state index in [1.54, 1.807) is 0 Å². The number of hydrogen-bond acceptors (Lipinski definition) is 2. The molecule has 3 nitrogen and oxygen atoms in total. The van der Waals surface area contributed by atoms with Gasteiger partial charge in [-0.05, 0) is 30.5 Å². The van der Waals surface area contributed by atoms with E-state index in [0.29, 0.717) is 13.2 Å². The molecule has 0 radical (unpaired) electrons. The molecular weight excluding hydrogens is 262 g/mol. The SMILES string of the molecule is O=C(NCCOc1ccccc1)C1(c2ccccc2)CC1. The lowest BCUT2D eigenvalue weighted by Crippen LogP contribution is -2.37. The predicted molar refractivity (Wildman–Crippen MR) is 82.3 cm³/mol. The highest BCUT2D eigenvalue weighted by Gasteiger charge is 2.50. The molecule has 21 heavy (non-hydrogen) atoms. The van der Waals surface area contributed by atoms with Gasteiger partial charge < -0.3 is 10.1 Å². The van der Waals surface area contributed by atoms with Crippen LogP contribution in [0.25, 0.3) is 0 Å². The van der Waals surface area contributed by atoms with Crippen molar-refractivity contribution in [3.05, 3.63) is 66.2 Å². The second-order valence-corrected chi connectivity index (χ2v) is 5.37. The van der Waals surface area contributed by atoms with E-state index in [1.165, 1.54) is 0 Å². The molecule has 0 aromatic heterocycles. The highest BCUT2D eigenvalue weighted by Crippen LogP contribution is 2.48. The van der Waals surface area contributed by atoms with Gasteiger partial charge in [-0.3, -0.25) is 4.79 Å². The number of benzene rings is 2. The lowest BCUT2D eigenvalue weighted by Gasteiger charge is -2.16. The number of carbonyl (C=O) groups is 1. The molecule has 108 valence electrons. The minimum atomic E-state index is -0.298. The molecule has 1 amide bonds. The average Bonchev–Trinajstić information content (AvgIpc) is 3.35. The molecule has 1 N–H and O–H groups in total. The normalized spacial score (nSPS) is 15.2. The first-order chi connectivity index (χ1) is 10.3. The largest absolute Gasteiger partial charge is 0.492 e. The van der Waals surface area contributed by atoms with Gasteiger partial charge >= 0.3 is 0 Å². The molecule has 1 fully saturated rings. The third-order valence-electron chi connectivity index (χ3n) is 3.91. The van der Waals surface area contributed by atoms with Crippen LogP contribution in [0.3, 0.4) is 0 Å². The van der Waals surface area contributed by atoms with Crippen LogP contribution in [0.1, 0.15) is 18.4 Å². The van der Waals surface area contributed by atoms with Crippen LogP contribution < -0.4 is 10.1 Å². The van der Waals surface area contributed by atoms with Gasteiger partial charge in [0.2, 0.25) is 5.91 Å². The molecule has 1 aliphatic rings. The molecule has 0 aliphatic heterocycles. The molecule has 3 heteroatoms. The maximum absolute atomic E-state index is 12.4. The van der Waals surface area contributed by atoms with Crippen LogP contribution in [0.5, 0.6) is 5.75 Å². The van der Waals surface area contributed by atoms with Gasteiger partial charge in [-0.2, -0.15) is 0 Å². The fourth-order valence-corrected chi connectivity index (χ4v) is 2.55. The predicted octanol–water partition coefficient (Wildman–Crippen LogP) is 2.91. The first-order valence-electron chi connectivity index (χ1n) is 7.33. The lowest BCUT2D eigenvalue weighted by atomic mass is 9.95. The third-order valence-corrected chi connectivity index (χ3v) is 3.91. The molecule has 0 saturated heterocycles. The number of para-hydroxylation sites is 1. The molecule has 0 unspecified atom stereocenters. The molecule has 2 aromatic rings. The van der Waals surface area contributed by atoms with Crippen molar-refractivity contribution in [2.45, 2.75) is 18.3 Å². The van der Waals surface area contributed by atoms with Gasteiger partial charge in [0, 0.05) is 0 Å². The summed E-state index contributed by atoms with van der Waals surface area (Å²) in [5, 5.41) is 2.99. The number of amides is 1. The molecule has 2 aromatic carbocycles. The Balaban J connectivity index is 1.49. The maximum atomic E-state index is 12.4. The van der Waals surface area contributed by atoms with Crippen molar-refractivity contribution in [2.75, 3.05) is 13.2 Å². The summed E-state index contributed by atoms with van der Waals surface area (Å²) in [4.78, 5) is 12.4. The summed E-state index contributed by atoms with van der Waals surface area (Å²) in [6.45, 7) is 1.02. The smallest absolute Gasteiger partial charge is 0.230 e. The van der Waals surface area contributed by atoms with E-state index in [-0.39, 0.29) is 11.3 Å². The quantitative estimate of drug-likeness (QED) is 0.827. The Labute approximate surface area is 124 Å². The van der Waals surface area contributed by atoms with Crippen LogP contribution >= 0.6 is 0 Å². The standard InChI is InChI=1S/C18H19NO2/c20-17(18(11-12-18)15-7-3-1-4-8-15)19-13-14-21-16-9-5-2-6-10-16/h1-10H,11-14H2,(H,19,20). The van der Waals surface area contributed by atoms with Crippen molar-refractivity contribution >= 4 is 5.91 Å². The van der Waals surface area contributed by atoms with Gasteiger partial charge in [0.25, 0.3) is 0 Å². The van der Waals surface area contributed by atoms with Crippen molar-refractivity contribution in [2.24, 2.45) is 0 Å². The maximum Gasteiger partial charge on any atom is 0.230 e. The molecule has 0 atom stereocenters. The average molecular weight is 281 g/mol. The van der Waals surface area contributed by atoms with Crippen molar-refractivity contribution in [3.8, 4) is 5.75 Å². The minimum Gasteiger partial charge on any atom is -0.492 e. The van der Waals surface area contributed by atoms with Crippen LogP contribution in [0, 0.1) is 0 Å². The highest BCUT2D eigenvalue weighted by atomic mass is 16.5. The van der Waals surface area contributed by atoms with Gasteiger partial charge in [0.1, 0.15) is 12.4 Å². The molecular formula is C18H19NO2. The van der Waals surface area contributed by atoms with Crippen molar-refractivity contribution in [1.29, 1.82) is 0 Å². The van der Waals surface area contributed by atoms with Gasteiger partial charge in [-0.25, -0.2) is 0 Å². The van der Waals surface area contributed by atoms with E-state index in [9.17, 15) is 4.79 Å². The third kappa shape index (κ3) is 3.07. The molecule has 3 rings (SSSR count). The van der Waals surface area contributed by atoms with Crippen LogP contribution in [0.2, 0.25) is 0 Å². The summed E-state index contributed by atoms with van der Waals surface area (Å²) < 4.78 is 5.58. The van der Waals surface area contributed by atoms with E-state index >= 15 is 0 Å². The van der Waals surface area contributed by atoms with E-state index in [4.69, 9.17) is 4.74 Å². The Bertz CT molecular complexity index is 591. The fraction of sp³-hybridized carbons (Fsp3) is 0.278. The van der Waals surface area contributed by atoms with Gasteiger partial charge in [0.05, 0.1) is 12.0 Å². The summed E-state index contributed by atoms with van der Waals surface area (Å²) in [5.41, 5.74) is 0.819. The van der Waals surface area contributed by atoms with Crippen LogP contribution in [0.15, 0.2) is 60.7 Å². The molecule has 0 bridgehead atoms. The Morgan fingerprint density at radius 3 is 2.24 bits per heavy atom. The first-order valence-corrected chi connectivity index (χ1v) is 7.33. The fourth-order valence-electron chi connectivity index (χ4n) is 2.55. The van der Waals surface area contributed by atoms with Gasteiger partial charge in [-0.15, -0.1) is 0 Å². The van der Waals surface area contributed by atoms with Gasteiger partial charge in [-0.1, -0.05) is 48.5 Å². The zero-order valence-corrected chi connectivity index (χ0v) is 11.9. The van der Waals surface area contributed by atoms with E-state index < -0.39 is 0 Å². The summed E-state index contributed by atoms with van der Waals surface area (Å²) in [6.07, 6.45) is 1.87. The second kappa shape index (κ2) is 6.00. The summed E-state index contributed by atoms with van der Waals surface area (Å²) in [7, 11) is 0. The number of rotatable bonds is 6. The summed E-state index contributed by atoms with van der Waals surface area (Å²) in [6, 6.07) is 19.7. The summed E-state index contributed by atoms with van der Waals surface area (Å²) >= 11 is 0. The molecule has 1 saturated carbocycles. The molecule has 1 aliphatic carbocycles. The summed E-state index contributed by atoms with van der Waals surface area (Å²) in [5.74, 6) is 0.946. The van der Waals surface area contributed by atoms with Crippen LogP contribution in [-0.2, 0) is 10.2 Å². The topological polar surface area (TPSA) is 38.3 Å². The van der Waals surface area contributed by atoms with E-state index in [1.807, 2.05) is 60.7 Å². The van der Waals surface area contributed by atoms with Crippen molar-refractivity contribution < 1.29 is 9.53 Å². The van der Waals surface area contributed by atoms with Crippen LogP contribution in [-0.4, -0.2) is 19.1 Å². The monoisotopic (exact) mass is 281 g/mol. The Morgan fingerprint density at radius 1 is 1.00 bits per heavy atom. The molecule has 0 heterocycles. The Morgan fingerprint density at radius 2 is 1.62 bits per heavy atom. The zero-order chi connectivity index (χ0) is 14.5.